The number of hydrogen-bond donors (Lipinski definition) is 1. The molecule has 3 aromatic carbocycles. The van der Waals surface area contributed by atoms with Crippen LogP contribution in [0.15, 0.2) is 66.7 Å². The van der Waals surface area contributed by atoms with E-state index >= 15 is 0 Å². The minimum Gasteiger partial charge on any atom is -0.352 e. The number of aromatic nitrogens is 1. The second kappa shape index (κ2) is 8.58. The summed E-state index contributed by atoms with van der Waals surface area (Å²) in [5.74, 6) is 0.0361. The summed E-state index contributed by atoms with van der Waals surface area (Å²) in [5.41, 5.74) is 4.56. The first kappa shape index (κ1) is 19.3. The topological polar surface area (TPSA) is 42.0 Å². The third kappa shape index (κ3) is 4.72. The van der Waals surface area contributed by atoms with Crippen LogP contribution in [0.1, 0.15) is 32.3 Å². The second-order valence-electron chi connectivity index (χ2n) is 7.37. The number of hydrogen-bond acceptors (Lipinski definition) is 3. The summed E-state index contributed by atoms with van der Waals surface area (Å²) < 4.78 is 0. The monoisotopic (exact) mass is 400 g/mol. The van der Waals surface area contributed by atoms with Crippen LogP contribution in [-0.2, 0) is 24.2 Å². The first-order valence-electron chi connectivity index (χ1n) is 9.82. The highest BCUT2D eigenvalue weighted by Gasteiger charge is 2.13. The van der Waals surface area contributed by atoms with Crippen molar-refractivity contribution in [1.82, 2.24) is 10.3 Å². The van der Waals surface area contributed by atoms with Crippen molar-refractivity contribution < 1.29 is 4.79 Å². The van der Waals surface area contributed by atoms with E-state index in [0.29, 0.717) is 13.0 Å². The molecule has 1 amide bonds. The van der Waals surface area contributed by atoms with Crippen molar-refractivity contribution in [2.75, 3.05) is 0 Å². The van der Waals surface area contributed by atoms with Crippen LogP contribution in [0.4, 0.5) is 0 Å². The molecule has 4 rings (SSSR count). The molecule has 0 aliphatic carbocycles. The van der Waals surface area contributed by atoms with Crippen LogP contribution in [0.2, 0.25) is 0 Å². The summed E-state index contributed by atoms with van der Waals surface area (Å²) in [5, 5.41) is 6.58. The molecule has 4 aromatic rings. The number of amides is 1. The van der Waals surface area contributed by atoms with Gasteiger partial charge in [0.25, 0.3) is 0 Å². The van der Waals surface area contributed by atoms with Gasteiger partial charge in [0, 0.05) is 17.8 Å². The summed E-state index contributed by atoms with van der Waals surface area (Å²) in [6, 6.07) is 23.0. The Hall–Kier alpha value is -2.98. The van der Waals surface area contributed by atoms with E-state index in [1.807, 2.05) is 6.92 Å². The molecule has 1 heterocycles. The maximum absolute atomic E-state index is 12.4. The standard InChI is InChI=1S/C25H24N2OS/c1-17-10-12-19(13-11-17)16-26-24(28)15-23-18(2)27-25(29-23)14-21-8-5-7-20-6-3-4-9-22(20)21/h3-13H,14-16H2,1-2H3,(H,26,28). The maximum Gasteiger partial charge on any atom is 0.225 e. The lowest BCUT2D eigenvalue weighted by Gasteiger charge is -2.05. The maximum atomic E-state index is 12.4. The van der Waals surface area contributed by atoms with E-state index in [-0.39, 0.29) is 5.91 Å². The Morgan fingerprint density at radius 3 is 2.55 bits per heavy atom. The SMILES string of the molecule is Cc1ccc(CNC(=O)Cc2sc(Cc3cccc4ccccc34)nc2C)cc1. The Bertz CT molecular complexity index is 1140. The molecule has 0 unspecified atom stereocenters. The van der Waals surface area contributed by atoms with Crippen molar-refractivity contribution in [3.63, 3.8) is 0 Å². The van der Waals surface area contributed by atoms with E-state index in [1.165, 1.54) is 21.9 Å². The molecular formula is C25H24N2OS. The predicted octanol–water partition coefficient (Wildman–Crippen LogP) is 5.36. The minimum absolute atomic E-state index is 0.0361. The van der Waals surface area contributed by atoms with E-state index in [2.05, 4.69) is 79.0 Å². The molecule has 0 aliphatic rings. The Kier molecular flexibility index (Phi) is 5.72. The largest absolute Gasteiger partial charge is 0.352 e. The van der Waals surface area contributed by atoms with E-state index < -0.39 is 0 Å². The van der Waals surface area contributed by atoms with Crippen LogP contribution in [0.3, 0.4) is 0 Å². The van der Waals surface area contributed by atoms with Gasteiger partial charge in [0.1, 0.15) is 0 Å². The Balaban J connectivity index is 1.42. The lowest BCUT2D eigenvalue weighted by Crippen LogP contribution is -2.24. The van der Waals surface area contributed by atoms with Gasteiger partial charge in [-0.2, -0.15) is 0 Å². The lowest BCUT2D eigenvalue weighted by atomic mass is 10.0. The average molecular weight is 401 g/mol. The molecule has 4 heteroatoms. The molecule has 0 bridgehead atoms. The number of thiazole rings is 1. The van der Waals surface area contributed by atoms with Gasteiger partial charge in [0.2, 0.25) is 5.91 Å². The number of benzene rings is 3. The highest BCUT2D eigenvalue weighted by Crippen LogP contribution is 2.25. The number of nitrogens with one attached hydrogen (secondary N) is 1. The second-order valence-corrected chi connectivity index (χ2v) is 8.54. The summed E-state index contributed by atoms with van der Waals surface area (Å²) in [6.45, 7) is 4.61. The quantitative estimate of drug-likeness (QED) is 0.473. The summed E-state index contributed by atoms with van der Waals surface area (Å²) >= 11 is 1.64. The number of carbonyl (C=O) groups is 1. The minimum atomic E-state index is 0.0361. The number of fused-ring (bicyclic) bond motifs is 1. The third-order valence-electron chi connectivity index (χ3n) is 5.09. The Morgan fingerprint density at radius 2 is 1.72 bits per heavy atom. The van der Waals surface area contributed by atoms with Crippen molar-refractivity contribution in [3.05, 3.63) is 99.0 Å². The molecule has 0 saturated carbocycles. The molecule has 3 nitrogen and oxygen atoms in total. The highest BCUT2D eigenvalue weighted by atomic mass is 32.1. The molecule has 0 aliphatic heterocycles. The van der Waals surface area contributed by atoms with Gasteiger partial charge in [-0.05, 0) is 35.7 Å². The zero-order valence-corrected chi connectivity index (χ0v) is 17.6. The van der Waals surface area contributed by atoms with Gasteiger partial charge >= 0.3 is 0 Å². The fraction of sp³-hybridized carbons (Fsp3) is 0.200. The molecule has 1 aromatic heterocycles. The molecule has 0 spiro atoms. The Labute approximate surface area is 175 Å². The lowest BCUT2D eigenvalue weighted by molar-refractivity contribution is -0.120. The van der Waals surface area contributed by atoms with Crippen LogP contribution in [0.25, 0.3) is 10.8 Å². The highest BCUT2D eigenvalue weighted by molar-refractivity contribution is 7.11. The van der Waals surface area contributed by atoms with Gasteiger partial charge in [-0.1, -0.05) is 72.3 Å². The van der Waals surface area contributed by atoms with E-state index in [0.717, 1.165) is 27.6 Å². The molecular weight excluding hydrogens is 376 g/mol. The van der Waals surface area contributed by atoms with Crippen molar-refractivity contribution in [1.29, 1.82) is 0 Å². The van der Waals surface area contributed by atoms with Crippen LogP contribution in [-0.4, -0.2) is 10.9 Å². The van der Waals surface area contributed by atoms with Gasteiger partial charge in [-0.15, -0.1) is 11.3 Å². The number of aryl methyl sites for hydroxylation is 2. The summed E-state index contributed by atoms with van der Waals surface area (Å²) in [4.78, 5) is 18.2. The zero-order chi connectivity index (χ0) is 20.2. The fourth-order valence-electron chi connectivity index (χ4n) is 3.45. The van der Waals surface area contributed by atoms with Gasteiger partial charge in [-0.3, -0.25) is 4.79 Å². The molecule has 0 fully saturated rings. The van der Waals surface area contributed by atoms with Crippen molar-refractivity contribution >= 4 is 28.0 Å². The van der Waals surface area contributed by atoms with Gasteiger partial charge in [0.05, 0.1) is 17.1 Å². The molecule has 29 heavy (non-hydrogen) atoms. The van der Waals surface area contributed by atoms with Crippen molar-refractivity contribution in [3.8, 4) is 0 Å². The van der Waals surface area contributed by atoms with Crippen LogP contribution >= 0.6 is 11.3 Å². The normalized spacial score (nSPS) is 11.0. The number of rotatable bonds is 6. The van der Waals surface area contributed by atoms with E-state index in [4.69, 9.17) is 4.98 Å². The molecule has 146 valence electrons. The number of carbonyl (C=O) groups excluding carboxylic acids is 1. The first-order chi connectivity index (χ1) is 14.1. The third-order valence-corrected chi connectivity index (χ3v) is 6.25. The van der Waals surface area contributed by atoms with Crippen LogP contribution < -0.4 is 5.32 Å². The molecule has 1 N–H and O–H groups in total. The smallest absolute Gasteiger partial charge is 0.225 e. The average Bonchev–Trinajstić information content (AvgIpc) is 3.06. The fourth-order valence-corrected chi connectivity index (χ4v) is 4.54. The molecule has 0 radical (unpaired) electrons. The van der Waals surface area contributed by atoms with Gasteiger partial charge in [0.15, 0.2) is 0 Å². The van der Waals surface area contributed by atoms with Gasteiger partial charge in [-0.25, -0.2) is 4.98 Å². The van der Waals surface area contributed by atoms with Crippen LogP contribution in [0, 0.1) is 13.8 Å². The van der Waals surface area contributed by atoms with Gasteiger partial charge < -0.3 is 5.32 Å². The van der Waals surface area contributed by atoms with E-state index in [9.17, 15) is 4.79 Å². The first-order valence-corrected chi connectivity index (χ1v) is 10.6. The summed E-state index contributed by atoms with van der Waals surface area (Å²) in [7, 11) is 0. The Morgan fingerprint density at radius 1 is 0.966 bits per heavy atom. The summed E-state index contributed by atoms with van der Waals surface area (Å²) in [6.07, 6.45) is 1.17. The molecule has 0 saturated heterocycles. The predicted molar refractivity (Wildman–Crippen MR) is 120 cm³/mol. The molecule has 0 atom stereocenters. The van der Waals surface area contributed by atoms with Crippen molar-refractivity contribution in [2.24, 2.45) is 0 Å². The van der Waals surface area contributed by atoms with E-state index in [1.54, 1.807) is 11.3 Å². The number of nitrogens with zero attached hydrogens (tertiary/aromatic N) is 1. The van der Waals surface area contributed by atoms with Crippen molar-refractivity contribution in [2.45, 2.75) is 33.2 Å². The zero-order valence-electron chi connectivity index (χ0n) is 16.7. The van der Waals surface area contributed by atoms with Crippen LogP contribution in [0.5, 0.6) is 0 Å².